The van der Waals surface area contributed by atoms with Gasteiger partial charge in [-0.25, -0.2) is 9.97 Å². The van der Waals surface area contributed by atoms with Gasteiger partial charge in [-0.15, -0.1) is 0 Å². The molecule has 0 unspecified atom stereocenters. The van der Waals surface area contributed by atoms with Crippen LogP contribution >= 0.6 is 0 Å². The highest BCUT2D eigenvalue weighted by Gasteiger charge is 2.18. The Morgan fingerprint density at radius 1 is 1.12 bits per heavy atom. The molecule has 1 N–H and O–H groups in total. The van der Waals surface area contributed by atoms with E-state index in [9.17, 15) is 4.79 Å². The van der Waals surface area contributed by atoms with E-state index < -0.39 is 0 Å². The molecule has 0 radical (unpaired) electrons. The number of ether oxygens (including phenoxy) is 2. The van der Waals surface area contributed by atoms with Crippen molar-refractivity contribution in [2.24, 2.45) is 0 Å². The Labute approximate surface area is 151 Å². The molecule has 1 fully saturated rings. The molecule has 1 aromatic carbocycles. The third kappa shape index (κ3) is 3.49. The molecule has 1 saturated heterocycles. The quantitative estimate of drug-likeness (QED) is 0.812. The smallest absolute Gasteiger partial charge is 0.231 e. The van der Waals surface area contributed by atoms with Gasteiger partial charge in [0.15, 0.2) is 11.5 Å². The average molecular weight is 355 g/mol. The number of nitrogens with one attached hydrogen (secondary N) is 1. The molecule has 1 amide bonds. The van der Waals surface area contributed by atoms with Gasteiger partial charge >= 0.3 is 0 Å². The lowest BCUT2D eigenvalue weighted by molar-refractivity contribution is -0.118. The van der Waals surface area contributed by atoms with Crippen LogP contribution in [0.15, 0.2) is 24.3 Å². The van der Waals surface area contributed by atoms with E-state index in [2.05, 4.69) is 20.2 Å². The van der Waals surface area contributed by atoms with Gasteiger partial charge in [-0.3, -0.25) is 4.79 Å². The number of aryl methyl sites for hydroxylation is 1. The minimum atomic E-state index is 0.276. The van der Waals surface area contributed by atoms with Crippen LogP contribution in [0.5, 0.6) is 11.5 Å². The van der Waals surface area contributed by atoms with Gasteiger partial charge in [-0.1, -0.05) is 6.07 Å². The Morgan fingerprint density at radius 3 is 2.73 bits per heavy atom. The zero-order valence-electron chi connectivity index (χ0n) is 14.6. The van der Waals surface area contributed by atoms with Gasteiger partial charge in [0.25, 0.3) is 0 Å². The summed E-state index contributed by atoms with van der Waals surface area (Å²) in [5.74, 6) is 3.94. The first-order valence-electron chi connectivity index (χ1n) is 8.63. The Balaban J connectivity index is 1.44. The van der Waals surface area contributed by atoms with Crippen molar-refractivity contribution >= 4 is 18.0 Å². The second-order valence-electron chi connectivity index (χ2n) is 6.33. The number of amides is 1. The second kappa shape index (κ2) is 7.07. The van der Waals surface area contributed by atoms with Crippen LogP contribution in [-0.2, 0) is 11.3 Å². The van der Waals surface area contributed by atoms with Crippen molar-refractivity contribution in [3.05, 3.63) is 35.7 Å². The van der Waals surface area contributed by atoms with Gasteiger partial charge in [-0.05, 0) is 24.6 Å². The number of benzene rings is 1. The summed E-state index contributed by atoms with van der Waals surface area (Å²) in [6.07, 6.45) is 0.904. The fraction of sp³-hybridized carbons (Fsp3) is 0.389. The van der Waals surface area contributed by atoms with E-state index in [1.165, 1.54) is 0 Å². The lowest BCUT2D eigenvalue weighted by Gasteiger charge is -2.33. The van der Waals surface area contributed by atoms with Crippen molar-refractivity contribution in [3.8, 4) is 11.5 Å². The zero-order valence-corrected chi connectivity index (χ0v) is 14.6. The molecule has 8 heteroatoms. The van der Waals surface area contributed by atoms with Crippen LogP contribution in [-0.4, -0.2) is 54.2 Å². The molecule has 4 rings (SSSR count). The number of fused-ring (bicyclic) bond motifs is 1. The number of nitrogens with zero attached hydrogens (tertiary/aromatic N) is 4. The largest absolute Gasteiger partial charge is 0.454 e. The maximum atomic E-state index is 10.9. The average Bonchev–Trinajstić information content (AvgIpc) is 3.14. The first-order valence-corrected chi connectivity index (χ1v) is 8.63. The molecule has 0 aliphatic carbocycles. The number of aromatic nitrogens is 2. The highest BCUT2D eigenvalue weighted by Crippen LogP contribution is 2.32. The Hall–Kier alpha value is -3.03. The third-order valence-corrected chi connectivity index (χ3v) is 4.52. The number of hydrogen-bond donors (Lipinski definition) is 1. The summed E-state index contributed by atoms with van der Waals surface area (Å²) < 4.78 is 10.8. The standard InChI is InChI=1S/C18H21N5O3/c1-13-20-17(9-18(21-13)23-6-4-22(11-24)5-7-23)19-10-14-2-3-15-16(8-14)26-12-25-15/h2-3,8-9,11H,4-7,10,12H2,1H3,(H,19,20,21). The Morgan fingerprint density at radius 2 is 1.92 bits per heavy atom. The second-order valence-corrected chi connectivity index (χ2v) is 6.33. The molecule has 8 nitrogen and oxygen atoms in total. The normalized spacial score (nSPS) is 15.9. The molecule has 0 saturated carbocycles. The third-order valence-electron chi connectivity index (χ3n) is 4.52. The van der Waals surface area contributed by atoms with E-state index in [1.54, 1.807) is 4.90 Å². The highest BCUT2D eigenvalue weighted by atomic mass is 16.7. The maximum Gasteiger partial charge on any atom is 0.231 e. The summed E-state index contributed by atoms with van der Waals surface area (Å²) in [5.41, 5.74) is 1.09. The SMILES string of the molecule is Cc1nc(NCc2ccc3c(c2)OCO3)cc(N2CCN(C=O)CC2)n1. The van der Waals surface area contributed by atoms with Gasteiger partial charge in [0.05, 0.1) is 0 Å². The molecule has 2 aliphatic heterocycles. The number of piperazine rings is 1. The highest BCUT2D eigenvalue weighted by molar-refractivity contribution is 5.52. The first-order chi connectivity index (χ1) is 12.7. The summed E-state index contributed by atoms with van der Waals surface area (Å²) in [5, 5.41) is 3.35. The molecule has 0 bridgehead atoms. The van der Waals surface area contributed by atoms with Crippen LogP contribution in [0.2, 0.25) is 0 Å². The molecule has 136 valence electrons. The molecule has 3 heterocycles. The molecular formula is C18H21N5O3. The van der Waals surface area contributed by atoms with Gasteiger partial charge in [-0.2, -0.15) is 0 Å². The van der Waals surface area contributed by atoms with Gasteiger partial charge in [0.1, 0.15) is 17.5 Å². The molecule has 2 aliphatic rings. The predicted molar refractivity (Wildman–Crippen MR) is 96.5 cm³/mol. The fourth-order valence-corrected chi connectivity index (χ4v) is 3.10. The van der Waals surface area contributed by atoms with Crippen molar-refractivity contribution in [2.45, 2.75) is 13.5 Å². The number of carbonyl (C=O) groups excluding carboxylic acids is 1. The van der Waals surface area contributed by atoms with E-state index in [0.29, 0.717) is 25.5 Å². The lowest BCUT2D eigenvalue weighted by Crippen LogP contribution is -2.46. The maximum absolute atomic E-state index is 10.9. The summed E-state index contributed by atoms with van der Waals surface area (Å²) in [6, 6.07) is 7.86. The van der Waals surface area contributed by atoms with Crippen LogP contribution in [0.25, 0.3) is 0 Å². The van der Waals surface area contributed by atoms with Crippen LogP contribution in [0.4, 0.5) is 11.6 Å². The molecule has 1 aromatic heterocycles. The van der Waals surface area contributed by atoms with Gasteiger partial charge < -0.3 is 24.6 Å². The van der Waals surface area contributed by atoms with E-state index in [-0.39, 0.29) is 6.79 Å². The number of carbonyl (C=O) groups is 1. The number of anilines is 2. The van der Waals surface area contributed by atoms with E-state index in [4.69, 9.17) is 9.47 Å². The lowest BCUT2D eigenvalue weighted by atomic mass is 10.2. The van der Waals surface area contributed by atoms with Crippen molar-refractivity contribution in [3.63, 3.8) is 0 Å². The van der Waals surface area contributed by atoms with Crippen molar-refractivity contribution in [2.75, 3.05) is 43.2 Å². The summed E-state index contributed by atoms with van der Waals surface area (Å²) >= 11 is 0. The minimum Gasteiger partial charge on any atom is -0.454 e. The molecule has 2 aromatic rings. The Bertz CT molecular complexity index is 805. The van der Waals surface area contributed by atoms with Crippen LogP contribution in [0, 0.1) is 6.92 Å². The van der Waals surface area contributed by atoms with Gasteiger partial charge in [0, 0.05) is 38.8 Å². The molecule has 0 atom stereocenters. The molecule has 0 spiro atoms. The van der Waals surface area contributed by atoms with Crippen LogP contribution in [0.1, 0.15) is 11.4 Å². The van der Waals surface area contributed by atoms with E-state index in [0.717, 1.165) is 48.2 Å². The monoisotopic (exact) mass is 355 g/mol. The van der Waals surface area contributed by atoms with Crippen LogP contribution in [0.3, 0.4) is 0 Å². The van der Waals surface area contributed by atoms with Crippen molar-refractivity contribution in [1.29, 1.82) is 0 Å². The zero-order chi connectivity index (χ0) is 17.9. The van der Waals surface area contributed by atoms with Crippen molar-refractivity contribution in [1.82, 2.24) is 14.9 Å². The topological polar surface area (TPSA) is 79.8 Å². The fourth-order valence-electron chi connectivity index (χ4n) is 3.10. The Kier molecular flexibility index (Phi) is 4.47. The van der Waals surface area contributed by atoms with Gasteiger partial charge in [0.2, 0.25) is 13.2 Å². The number of rotatable bonds is 5. The minimum absolute atomic E-state index is 0.276. The van der Waals surface area contributed by atoms with Crippen LogP contribution < -0.4 is 19.7 Å². The van der Waals surface area contributed by atoms with E-state index >= 15 is 0 Å². The summed E-state index contributed by atoms with van der Waals surface area (Å²) in [6.45, 7) is 5.77. The summed E-state index contributed by atoms with van der Waals surface area (Å²) in [4.78, 5) is 23.8. The van der Waals surface area contributed by atoms with E-state index in [1.807, 2.05) is 31.2 Å². The summed E-state index contributed by atoms with van der Waals surface area (Å²) in [7, 11) is 0. The predicted octanol–water partition coefficient (Wildman–Crippen LogP) is 1.40. The van der Waals surface area contributed by atoms with Crippen molar-refractivity contribution < 1.29 is 14.3 Å². The number of hydrogen-bond acceptors (Lipinski definition) is 7. The molecule has 26 heavy (non-hydrogen) atoms. The molecular weight excluding hydrogens is 334 g/mol. The first kappa shape index (κ1) is 16.4.